The Morgan fingerprint density at radius 2 is 1.94 bits per heavy atom. The zero-order valence-corrected chi connectivity index (χ0v) is 11.6. The fourth-order valence-electron chi connectivity index (χ4n) is 2.29. The van der Waals surface area contributed by atoms with Crippen molar-refractivity contribution in [1.82, 2.24) is 4.90 Å². The second-order valence-corrected chi connectivity index (χ2v) is 5.15. The summed E-state index contributed by atoms with van der Waals surface area (Å²) in [5, 5.41) is 4.19. The summed E-state index contributed by atoms with van der Waals surface area (Å²) in [5.41, 5.74) is 1.13. The van der Waals surface area contributed by atoms with Crippen LogP contribution >= 0.6 is 11.6 Å². The van der Waals surface area contributed by atoms with E-state index in [4.69, 9.17) is 16.3 Å². The van der Waals surface area contributed by atoms with Gasteiger partial charge in [0.1, 0.15) is 0 Å². The van der Waals surface area contributed by atoms with Crippen LogP contribution in [0.3, 0.4) is 0 Å². The van der Waals surface area contributed by atoms with Crippen LogP contribution in [-0.4, -0.2) is 44.3 Å². The second kappa shape index (κ2) is 6.98. The van der Waals surface area contributed by atoms with Crippen molar-refractivity contribution in [3.05, 3.63) is 29.3 Å². The van der Waals surface area contributed by atoms with E-state index >= 15 is 0 Å². The van der Waals surface area contributed by atoms with E-state index in [0.717, 1.165) is 49.7 Å². The molecular formula is C14H21ClN2O. The minimum absolute atomic E-state index is 0.463. The van der Waals surface area contributed by atoms with E-state index in [-0.39, 0.29) is 0 Å². The standard InChI is InChI=1S/C14H21ClN2O/c1-18-14-6-9-17(10-7-14)11-8-16-13-4-2-12(15)3-5-13/h2-5,14,16H,6-11H2,1H3. The molecule has 18 heavy (non-hydrogen) atoms. The molecule has 2 rings (SSSR count). The number of nitrogens with zero attached hydrogens (tertiary/aromatic N) is 1. The molecule has 0 amide bonds. The van der Waals surface area contributed by atoms with Crippen molar-refractivity contribution in [3.63, 3.8) is 0 Å². The van der Waals surface area contributed by atoms with Gasteiger partial charge in [-0.1, -0.05) is 11.6 Å². The highest BCUT2D eigenvalue weighted by atomic mass is 35.5. The molecule has 0 aromatic heterocycles. The Morgan fingerprint density at radius 1 is 1.28 bits per heavy atom. The third-order valence-corrected chi connectivity index (χ3v) is 3.72. The highest BCUT2D eigenvalue weighted by Gasteiger charge is 2.17. The maximum Gasteiger partial charge on any atom is 0.0595 e. The number of anilines is 1. The van der Waals surface area contributed by atoms with E-state index in [0.29, 0.717) is 6.10 Å². The van der Waals surface area contributed by atoms with Crippen molar-refractivity contribution in [2.45, 2.75) is 18.9 Å². The second-order valence-electron chi connectivity index (χ2n) is 4.71. The van der Waals surface area contributed by atoms with Crippen molar-refractivity contribution in [1.29, 1.82) is 0 Å². The molecule has 100 valence electrons. The monoisotopic (exact) mass is 268 g/mol. The lowest BCUT2D eigenvalue weighted by atomic mass is 10.1. The summed E-state index contributed by atoms with van der Waals surface area (Å²) < 4.78 is 5.37. The zero-order valence-electron chi connectivity index (χ0n) is 10.9. The number of hydrogen-bond donors (Lipinski definition) is 1. The molecule has 0 bridgehead atoms. The zero-order chi connectivity index (χ0) is 12.8. The van der Waals surface area contributed by atoms with Gasteiger partial charge in [0.25, 0.3) is 0 Å². The van der Waals surface area contributed by atoms with Gasteiger partial charge in [0.2, 0.25) is 0 Å². The van der Waals surface area contributed by atoms with E-state index < -0.39 is 0 Å². The summed E-state index contributed by atoms with van der Waals surface area (Å²) >= 11 is 5.85. The van der Waals surface area contributed by atoms with Crippen LogP contribution in [0.25, 0.3) is 0 Å². The highest BCUT2D eigenvalue weighted by Crippen LogP contribution is 2.14. The van der Waals surface area contributed by atoms with Crippen molar-refractivity contribution < 1.29 is 4.74 Å². The Labute approximate surface area is 114 Å². The first-order valence-electron chi connectivity index (χ1n) is 6.52. The summed E-state index contributed by atoms with van der Waals surface area (Å²) in [6, 6.07) is 7.85. The van der Waals surface area contributed by atoms with Crippen LogP contribution in [0, 0.1) is 0 Å². The molecule has 1 aromatic rings. The van der Waals surface area contributed by atoms with E-state index in [1.807, 2.05) is 31.4 Å². The molecule has 1 aliphatic rings. The topological polar surface area (TPSA) is 24.5 Å². The lowest BCUT2D eigenvalue weighted by Crippen LogP contribution is -2.39. The summed E-state index contributed by atoms with van der Waals surface area (Å²) in [7, 11) is 1.81. The van der Waals surface area contributed by atoms with Crippen LogP contribution in [0.4, 0.5) is 5.69 Å². The molecule has 1 aliphatic heterocycles. The smallest absolute Gasteiger partial charge is 0.0595 e. The van der Waals surface area contributed by atoms with Gasteiger partial charge in [0.05, 0.1) is 6.10 Å². The third-order valence-electron chi connectivity index (χ3n) is 3.47. The summed E-state index contributed by atoms with van der Waals surface area (Å²) in [6.45, 7) is 4.33. The van der Waals surface area contributed by atoms with Gasteiger partial charge in [-0.3, -0.25) is 0 Å². The van der Waals surface area contributed by atoms with Gasteiger partial charge in [-0.15, -0.1) is 0 Å². The van der Waals surface area contributed by atoms with E-state index in [2.05, 4.69) is 10.2 Å². The molecule has 0 unspecified atom stereocenters. The molecule has 0 radical (unpaired) electrons. The Morgan fingerprint density at radius 3 is 2.56 bits per heavy atom. The first-order chi connectivity index (χ1) is 8.78. The number of piperidine rings is 1. The molecule has 1 fully saturated rings. The van der Waals surface area contributed by atoms with Gasteiger partial charge in [0.15, 0.2) is 0 Å². The van der Waals surface area contributed by atoms with Gasteiger partial charge < -0.3 is 15.0 Å². The minimum atomic E-state index is 0.463. The molecule has 0 aliphatic carbocycles. The first kappa shape index (κ1) is 13.7. The lowest BCUT2D eigenvalue weighted by molar-refractivity contribution is 0.0423. The van der Waals surface area contributed by atoms with Crippen molar-refractivity contribution in [3.8, 4) is 0 Å². The maximum atomic E-state index is 5.85. The number of hydrogen-bond acceptors (Lipinski definition) is 3. The number of methoxy groups -OCH3 is 1. The van der Waals surface area contributed by atoms with E-state index in [9.17, 15) is 0 Å². The largest absolute Gasteiger partial charge is 0.384 e. The predicted octanol–water partition coefficient (Wildman–Crippen LogP) is 2.86. The van der Waals surface area contributed by atoms with Crippen LogP contribution in [0.15, 0.2) is 24.3 Å². The molecular weight excluding hydrogens is 248 g/mol. The number of ether oxygens (including phenoxy) is 1. The summed E-state index contributed by atoms with van der Waals surface area (Å²) in [5.74, 6) is 0. The van der Waals surface area contributed by atoms with Crippen LogP contribution in [0.5, 0.6) is 0 Å². The van der Waals surface area contributed by atoms with Crippen LogP contribution < -0.4 is 5.32 Å². The van der Waals surface area contributed by atoms with Gasteiger partial charge in [-0.25, -0.2) is 0 Å². The van der Waals surface area contributed by atoms with Crippen molar-refractivity contribution in [2.75, 3.05) is 38.6 Å². The molecule has 4 heteroatoms. The Bertz CT molecular complexity index is 347. The predicted molar refractivity (Wildman–Crippen MR) is 76.4 cm³/mol. The number of benzene rings is 1. The number of nitrogens with one attached hydrogen (secondary N) is 1. The Kier molecular flexibility index (Phi) is 5.29. The minimum Gasteiger partial charge on any atom is -0.384 e. The lowest BCUT2D eigenvalue weighted by Gasteiger charge is -2.31. The fourth-order valence-corrected chi connectivity index (χ4v) is 2.42. The third kappa shape index (κ3) is 4.16. The highest BCUT2D eigenvalue weighted by molar-refractivity contribution is 6.30. The molecule has 0 saturated carbocycles. The van der Waals surface area contributed by atoms with Crippen molar-refractivity contribution in [2.24, 2.45) is 0 Å². The first-order valence-corrected chi connectivity index (χ1v) is 6.90. The van der Waals surface area contributed by atoms with E-state index in [1.165, 1.54) is 0 Å². The molecule has 3 nitrogen and oxygen atoms in total. The summed E-state index contributed by atoms with van der Waals surface area (Å²) in [6.07, 6.45) is 2.76. The van der Waals surface area contributed by atoms with Gasteiger partial charge in [-0.2, -0.15) is 0 Å². The molecule has 0 atom stereocenters. The normalized spacial score (nSPS) is 17.9. The number of halogens is 1. The average Bonchev–Trinajstić information content (AvgIpc) is 2.42. The van der Waals surface area contributed by atoms with Crippen molar-refractivity contribution >= 4 is 17.3 Å². The summed E-state index contributed by atoms with van der Waals surface area (Å²) in [4.78, 5) is 2.48. The molecule has 1 N–H and O–H groups in total. The van der Waals surface area contributed by atoms with E-state index in [1.54, 1.807) is 0 Å². The molecule has 1 saturated heterocycles. The number of likely N-dealkylation sites (tertiary alicyclic amines) is 1. The van der Waals surface area contributed by atoms with Gasteiger partial charge in [0, 0.05) is 44.0 Å². The Balaban J connectivity index is 1.65. The molecule has 0 spiro atoms. The molecule has 1 heterocycles. The average molecular weight is 269 g/mol. The SMILES string of the molecule is COC1CCN(CCNc2ccc(Cl)cc2)CC1. The van der Waals surface area contributed by atoms with Gasteiger partial charge in [-0.05, 0) is 37.1 Å². The van der Waals surface area contributed by atoms with Crippen LogP contribution in [0.1, 0.15) is 12.8 Å². The molecule has 1 aromatic carbocycles. The number of rotatable bonds is 5. The Hall–Kier alpha value is -0.770. The van der Waals surface area contributed by atoms with Crippen LogP contribution in [0.2, 0.25) is 5.02 Å². The van der Waals surface area contributed by atoms with Gasteiger partial charge >= 0.3 is 0 Å². The maximum absolute atomic E-state index is 5.85. The quantitative estimate of drug-likeness (QED) is 0.889. The fraction of sp³-hybridized carbons (Fsp3) is 0.571. The van der Waals surface area contributed by atoms with Crippen LogP contribution in [-0.2, 0) is 4.74 Å².